The van der Waals surface area contributed by atoms with Gasteiger partial charge in [0.05, 0.1) is 6.20 Å². The lowest BCUT2D eigenvalue weighted by Crippen LogP contribution is -2.24. The normalized spacial score (nSPS) is 13.7. The molecular weight excluding hydrogens is 148 g/mol. The third kappa shape index (κ3) is 5.43. The van der Waals surface area contributed by atoms with Crippen LogP contribution >= 0.6 is 11.8 Å². The van der Waals surface area contributed by atoms with E-state index in [0.717, 1.165) is 0 Å². The lowest BCUT2D eigenvalue weighted by atomic mass is 10.9. The van der Waals surface area contributed by atoms with E-state index in [2.05, 4.69) is 15.9 Å². The van der Waals surface area contributed by atoms with Crippen LogP contribution in [0.4, 0.5) is 0 Å². The summed E-state index contributed by atoms with van der Waals surface area (Å²) in [5.41, 5.74) is 2.59. The van der Waals surface area contributed by atoms with E-state index >= 15 is 0 Å². The third-order valence-electron chi connectivity index (χ3n) is 0.617. The average molecular weight is 160 g/mol. The van der Waals surface area contributed by atoms with Gasteiger partial charge in [0.1, 0.15) is 0 Å². The van der Waals surface area contributed by atoms with Gasteiger partial charge in [-0.15, -0.1) is 5.11 Å². The van der Waals surface area contributed by atoms with E-state index in [-0.39, 0.29) is 0 Å². The van der Waals surface area contributed by atoms with Gasteiger partial charge < -0.3 is 0 Å². The highest BCUT2D eigenvalue weighted by atomic mass is 32.2. The molecule has 10 heavy (non-hydrogen) atoms. The highest BCUT2D eigenvalue weighted by Gasteiger charge is 1.85. The van der Waals surface area contributed by atoms with Crippen LogP contribution in [0.25, 0.3) is 0 Å². The van der Waals surface area contributed by atoms with Crippen molar-refractivity contribution in [3.8, 4) is 0 Å². The van der Waals surface area contributed by atoms with Gasteiger partial charge in [-0.1, -0.05) is 5.22 Å². The summed E-state index contributed by atoms with van der Waals surface area (Å²) in [5, 5.41) is 8.69. The summed E-state index contributed by atoms with van der Waals surface area (Å²) in [7, 11) is 1.84. The van der Waals surface area contributed by atoms with Crippen molar-refractivity contribution in [3.63, 3.8) is 0 Å². The fraction of sp³-hybridized carbons (Fsp3) is 0.600. The number of nitrogens with zero attached hydrogens (tertiary/aromatic N) is 3. The lowest BCUT2D eigenvalue weighted by molar-refractivity contribution is 0.314. The Hall–Kier alpha value is -0.710. The molecule has 0 radical (unpaired) electrons. The zero-order chi connectivity index (χ0) is 7.82. The van der Waals surface area contributed by atoms with Crippen molar-refractivity contribution >= 4 is 11.8 Å². The van der Waals surface area contributed by atoms with Crippen molar-refractivity contribution in [1.82, 2.24) is 10.5 Å². The van der Waals surface area contributed by atoms with Crippen molar-refractivity contribution in [3.05, 3.63) is 12.4 Å². The monoisotopic (exact) mass is 160 g/mol. The molecule has 1 heterocycles. The minimum Gasteiger partial charge on any atom is -0.280 e. The molecule has 4 nitrogen and oxygen atoms in total. The van der Waals surface area contributed by atoms with Crippen LogP contribution in [0, 0.1) is 0 Å². The van der Waals surface area contributed by atoms with Crippen LogP contribution in [-0.4, -0.2) is 24.6 Å². The number of hydrazine groups is 1. The largest absolute Gasteiger partial charge is 0.280 e. The van der Waals surface area contributed by atoms with Crippen molar-refractivity contribution in [2.45, 2.75) is 0 Å². The van der Waals surface area contributed by atoms with E-state index < -0.39 is 0 Å². The Morgan fingerprint density at radius 2 is 2.10 bits per heavy atom. The zero-order valence-electron chi connectivity index (χ0n) is 6.40. The number of thioether (sulfide) groups is 1. The van der Waals surface area contributed by atoms with Gasteiger partial charge in [-0.25, -0.2) is 5.53 Å². The zero-order valence-corrected chi connectivity index (χ0v) is 7.22. The molecule has 58 valence electrons. The summed E-state index contributed by atoms with van der Waals surface area (Å²) in [5.74, 6) is 0. The molecule has 5 heteroatoms. The van der Waals surface area contributed by atoms with Crippen LogP contribution in [0.15, 0.2) is 22.7 Å². The second-order valence-electron chi connectivity index (χ2n) is 1.63. The Bertz CT molecular complexity index is 123. The first-order valence-corrected chi connectivity index (χ1v) is 4.39. The molecule has 1 rings (SSSR count). The standard InChI is InChI=1S/C3H6N4.C2H6S/c1-7-3-2-4-5-6-7;1-3-2/h2-3H,1H3,(H,4,6);1-2H3. The molecular formula is C5H12N4S. The lowest BCUT2D eigenvalue weighted by Gasteiger charge is -2.11. The van der Waals surface area contributed by atoms with Gasteiger partial charge in [-0.2, -0.15) is 11.8 Å². The first-order chi connectivity index (χ1) is 4.81. The second kappa shape index (κ2) is 6.41. The summed E-state index contributed by atoms with van der Waals surface area (Å²) in [6.07, 6.45) is 7.46. The van der Waals surface area contributed by atoms with E-state index in [0.29, 0.717) is 0 Å². The van der Waals surface area contributed by atoms with Gasteiger partial charge in [0.2, 0.25) is 0 Å². The van der Waals surface area contributed by atoms with E-state index in [1.54, 1.807) is 29.2 Å². The predicted molar refractivity (Wildman–Crippen MR) is 44.3 cm³/mol. The summed E-state index contributed by atoms with van der Waals surface area (Å²) in [6, 6.07) is 0. The fourth-order valence-electron chi connectivity index (χ4n) is 0.293. The summed E-state index contributed by atoms with van der Waals surface area (Å²) < 4.78 is 0. The van der Waals surface area contributed by atoms with Crippen molar-refractivity contribution in [2.75, 3.05) is 19.6 Å². The van der Waals surface area contributed by atoms with Gasteiger partial charge in [0, 0.05) is 13.2 Å². The van der Waals surface area contributed by atoms with E-state index in [4.69, 9.17) is 0 Å². The first kappa shape index (κ1) is 9.29. The van der Waals surface area contributed by atoms with Crippen LogP contribution in [-0.2, 0) is 0 Å². The first-order valence-electron chi connectivity index (χ1n) is 2.76. The summed E-state index contributed by atoms with van der Waals surface area (Å²) >= 11 is 1.75. The molecule has 0 saturated heterocycles. The summed E-state index contributed by atoms with van der Waals surface area (Å²) in [4.78, 5) is 0. The second-order valence-corrected chi connectivity index (χ2v) is 2.45. The predicted octanol–water partition coefficient (Wildman–Crippen LogP) is 1.25. The van der Waals surface area contributed by atoms with Crippen molar-refractivity contribution in [2.24, 2.45) is 10.3 Å². The van der Waals surface area contributed by atoms with Gasteiger partial charge in [-0.3, -0.25) is 5.01 Å². The highest BCUT2D eigenvalue weighted by molar-refractivity contribution is 7.97. The van der Waals surface area contributed by atoms with Crippen molar-refractivity contribution < 1.29 is 0 Å². The molecule has 1 aliphatic heterocycles. The van der Waals surface area contributed by atoms with Gasteiger partial charge in [0.15, 0.2) is 0 Å². The number of hydrogen-bond donors (Lipinski definition) is 1. The Kier molecular flexibility index (Phi) is 5.96. The Morgan fingerprint density at radius 1 is 1.50 bits per heavy atom. The fourth-order valence-corrected chi connectivity index (χ4v) is 0.293. The molecule has 0 aliphatic carbocycles. The maximum atomic E-state index is 3.52. The van der Waals surface area contributed by atoms with E-state index in [1.807, 2.05) is 19.6 Å². The molecule has 0 fully saturated rings. The molecule has 0 amide bonds. The highest BCUT2D eigenvalue weighted by Crippen LogP contribution is 1.86. The van der Waals surface area contributed by atoms with Crippen molar-refractivity contribution in [1.29, 1.82) is 0 Å². The SMILES string of the molecule is CN1C=CN=NN1.CSC. The molecule has 1 aliphatic rings. The number of rotatable bonds is 0. The molecule has 1 N–H and O–H groups in total. The Labute approximate surface area is 65.3 Å². The Balaban J connectivity index is 0.000000236. The Morgan fingerprint density at radius 3 is 2.30 bits per heavy atom. The molecule has 0 unspecified atom stereocenters. The van der Waals surface area contributed by atoms with Crippen LogP contribution < -0.4 is 5.53 Å². The van der Waals surface area contributed by atoms with Crippen LogP contribution in [0.3, 0.4) is 0 Å². The smallest absolute Gasteiger partial charge is 0.0692 e. The van der Waals surface area contributed by atoms with Gasteiger partial charge >= 0.3 is 0 Å². The quantitative estimate of drug-likeness (QED) is 0.580. The molecule has 0 aromatic carbocycles. The maximum Gasteiger partial charge on any atom is 0.0692 e. The average Bonchev–Trinajstić information content (AvgIpc) is 1.91. The van der Waals surface area contributed by atoms with Crippen LogP contribution in [0.2, 0.25) is 0 Å². The van der Waals surface area contributed by atoms with Gasteiger partial charge in [0.25, 0.3) is 0 Å². The van der Waals surface area contributed by atoms with Gasteiger partial charge in [-0.05, 0) is 12.5 Å². The molecule has 0 aromatic rings. The maximum absolute atomic E-state index is 3.52. The van der Waals surface area contributed by atoms with E-state index in [1.165, 1.54) is 0 Å². The van der Waals surface area contributed by atoms with Crippen LogP contribution in [0.1, 0.15) is 0 Å². The number of hydrogen-bond acceptors (Lipinski definition) is 5. The molecule has 0 atom stereocenters. The summed E-state index contributed by atoms with van der Waals surface area (Å²) in [6.45, 7) is 0. The molecule has 0 aromatic heterocycles. The molecule has 0 saturated carbocycles. The van der Waals surface area contributed by atoms with Crippen LogP contribution in [0.5, 0.6) is 0 Å². The number of nitrogens with one attached hydrogen (secondary N) is 1. The minimum atomic E-state index is 1.61. The molecule has 0 bridgehead atoms. The van der Waals surface area contributed by atoms with E-state index in [9.17, 15) is 0 Å². The topological polar surface area (TPSA) is 40.0 Å². The molecule has 0 spiro atoms. The minimum absolute atomic E-state index is 1.61. The third-order valence-corrected chi connectivity index (χ3v) is 0.617.